The maximum atomic E-state index is 13.6. The van der Waals surface area contributed by atoms with E-state index in [0.717, 1.165) is 12.5 Å². The van der Waals surface area contributed by atoms with Crippen LogP contribution in [-0.4, -0.2) is 24.5 Å². The number of primary amides is 1. The van der Waals surface area contributed by atoms with Crippen molar-refractivity contribution in [1.82, 2.24) is 0 Å². The van der Waals surface area contributed by atoms with Gasteiger partial charge in [-0.1, -0.05) is 13.8 Å². The van der Waals surface area contributed by atoms with Crippen molar-refractivity contribution in [2.45, 2.75) is 39.7 Å². The molecule has 5 nitrogen and oxygen atoms in total. The molecule has 0 fully saturated rings. The fraction of sp³-hybridized carbons (Fsp3) is 0.500. The third-order valence-electron chi connectivity index (χ3n) is 3.13. The van der Waals surface area contributed by atoms with Gasteiger partial charge in [-0.25, -0.2) is 8.78 Å². The van der Waals surface area contributed by atoms with Gasteiger partial charge in [0.05, 0.1) is 30.4 Å². The number of rotatable bonds is 8. The Morgan fingerprint density at radius 2 is 1.87 bits per heavy atom. The predicted octanol–water partition coefficient (Wildman–Crippen LogP) is 2.84. The van der Waals surface area contributed by atoms with Crippen LogP contribution in [0.5, 0.6) is 0 Å². The molecule has 0 radical (unpaired) electrons. The molecular weight excluding hydrogens is 306 g/mol. The number of nitrogens with two attached hydrogens (primary N) is 1. The van der Waals surface area contributed by atoms with Crippen LogP contribution < -0.4 is 11.1 Å². The second-order valence-corrected chi connectivity index (χ2v) is 5.79. The van der Waals surface area contributed by atoms with Crippen LogP contribution in [0.15, 0.2) is 12.1 Å². The van der Waals surface area contributed by atoms with E-state index in [2.05, 4.69) is 19.2 Å². The molecule has 23 heavy (non-hydrogen) atoms. The lowest BCUT2D eigenvalue weighted by Gasteiger charge is -2.15. The van der Waals surface area contributed by atoms with E-state index in [1.807, 2.05) is 6.92 Å². The first-order valence-corrected chi connectivity index (χ1v) is 7.41. The molecule has 0 bridgehead atoms. The molecule has 3 N–H and O–H groups in total. The molecule has 7 heteroatoms. The minimum atomic E-state index is -1.07. The van der Waals surface area contributed by atoms with Crippen molar-refractivity contribution in [3.63, 3.8) is 0 Å². The molecule has 2 amide bonds. The van der Waals surface area contributed by atoms with Gasteiger partial charge in [-0.15, -0.1) is 0 Å². The van der Waals surface area contributed by atoms with Crippen molar-refractivity contribution in [1.29, 1.82) is 0 Å². The molecular formula is C16H22F2N2O3. The minimum Gasteiger partial charge on any atom is -0.378 e. The van der Waals surface area contributed by atoms with Crippen molar-refractivity contribution < 1.29 is 23.1 Å². The van der Waals surface area contributed by atoms with E-state index < -0.39 is 29.0 Å². The van der Waals surface area contributed by atoms with Crippen molar-refractivity contribution in [2.24, 2.45) is 11.7 Å². The van der Waals surface area contributed by atoms with Crippen LogP contribution in [0.25, 0.3) is 0 Å². The first kappa shape index (κ1) is 19.0. The number of ether oxygens (including phenoxy) is 1. The SMILES string of the molecule is CC(C)CC(C)OCCC(=O)Nc1cc(C(N)=O)c(F)cc1F. The second kappa shape index (κ2) is 8.57. The monoisotopic (exact) mass is 328 g/mol. The molecule has 0 aliphatic heterocycles. The lowest BCUT2D eigenvalue weighted by atomic mass is 10.1. The second-order valence-electron chi connectivity index (χ2n) is 5.79. The third-order valence-corrected chi connectivity index (χ3v) is 3.13. The normalized spacial score (nSPS) is 12.3. The molecule has 1 rings (SSSR count). The van der Waals surface area contributed by atoms with E-state index in [9.17, 15) is 18.4 Å². The van der Waals surface area contributed by atoms with Gasteiger partial charge in [-0.3, -0.25) is 9.59 Å². The highest BCUT2D eigenvalue weighted by Crippen LogP contribution is 2.19. The van der Waals surface area contributed by atoms with E-state index in [-0.39, 0.29) is 24.8 Å². The molecule has 1 aromatic carbocycles. The molecule has 1 unspecified atom stereocenters. The number of carbonyl (C=O) groups excluding carboxylic acids is 2. The highest BCUT2D eigenvalue weighted by atomic mass is 19.1. The topological polar surface area (TPSA) is 81.4 Å². The summed E-state index contributed by atoms with van der Waals surface area (Å²) in [4.78, 5) is 22.8. The summed E-state index contributed by atoms with van der Waals surface area (Å²) >= 11 is 0. The molecule has 128 valence electrons. The Kier molecular flexibility index (Phi) is 7.09. The molecule has 0 saturated heterocycles. The predicted molar refractivity (Wildman–Crippen MR) is 83.0 cm³/mol. The number of hydrogen-bond donors (Lipinski definition) is 2. The largest absolute Gasteiger partial charge is 0.378 e. The van der Waals surface area contributed by atoms with Crippen LogP contribution in [0.3, 0.4) is 0 Å². The zero-order valence-corrected chi connectivity index (χ0v) is 13.5. The van der Waals surface area contributed by atoms with Crippen LogP contribution in [0.1, 0.15) is 44.0 Å². The van der Waals surface area contributed by atoms with Crippen LogP contribution >= 0.6 is 0 Å². The summed E-state index contributed by atoms with van der Waals surface area (Å²) in [6.45, 7) is 6.24. The number of amides is 2. The van der Waals surface area contributed by atoms with Crippen LogP contribution in [0.4, 0.5) is 14.5 Å². The van der Waals surface area contributed by atoms with Gasteiger partial charge in [0.2, 0.25) is 5.91 Å². The van der Waals surface area contributed by atoms with Crippen molar-refractivity contribution in [2.75, 3.05) is 11.9 Å². The fourth-order valence-corrected chi connectivity index (χ4v) is 2.13. The molecule has 0 aliphatic carbocycles. The summed E-state index contributed by atoms with van der Waals surface area (Å²) < 4.78 is 32.4. The third kappa shape index (κ3) is 6.32. The Morgan fingerprint density at radius 3 is 2.43 bits per heavy atom. The standard InChI is InChI=1S/C16H22F2N2O3/c1-9(2)6-10(3)23-5-4-15(21)20-14-7-11(16(19)22)12(17)8-13(14)18/h7-10H,4-6H2,1-3H3,(H2,19,22)(H,20,21). The first-order valence-electron chi connectivity index (χ1n) is 7.41. The van der Waals surface area contributed by atoms with E-state index in [1.54, 1.807) is 0 Å². The van der Waals surface area contributed by atoms with Gasteiger partial charge in [0.25, 0.3) is 5.91 Å². The van der Waals surface area contributed by atoms with Crippen LogP contribution in [0.2, 0.25) is 0 Å². The number of hydrogen-bond acceptors (Lipinski definition) is 3. The molecule has 0 saturated carbocycles. The Hall–Kier alpha value is -2.02. The van der Waals surface area contributed by atoms with Gasteiger partial charge in [0, 0.05) is 6.07 Å². The number of carbonyl (C=O) groups is 2. The Labute approximate surface area is 134 Å². The molecule has 0 spiro atoms. The maximum Gasteiger partial charge on any atom is 0.251 e. The molecule has 1 atom stereocenters. The summed E-state index contributed by atoms with van der Waals surface area (Å²) in [6.07, 6.45) is 0.910. The van der Waals surface area contributed by atoms with E-state index in [0.29, 0.717) is 12.0 Å². The number of benzene rings is 1. The Morgan fingerprint density at radius 1 is 1.22 bits per heavy atom. The summed E-state index contributed by atoms with van der Waals surface area (Å²) in [5, 5.41) is 2.28. The van der Waals surface area contributed by atoms with Crippen LogP contribution in [-0.2, 0) is 9.53 Å². The van der Waals surface area contributed by atoms with Gasteiger partial charge < -0.3 is 15.8 Å². The Balaban J connectivity index is 2.58. The van der Waals surface area contributed by atoms with Gasteiger partial charge in [-0.05, 0) is 25.3 Å². The first-order chi connectivity index (χ1) is 10.7. The van der Waals surface area contributed by atoms with Crippen molar-refractivity contribution in [3.8, 4) is 0 Å². The van der Waals surface area contributed by atoms with Gasteiger partial charge in [-0.2, -0.15) is 0 Å². The summed E-state index contributed by atoms with van der Waals surface area (Å²) in [6, 6.07) is 1.39. The Bertz CT molecular complexity index is 577. The molecule has 0 aromatic heterocycles. The minimum absolute atomic E-state index is 0.0190. The zero-order chi connectivity index (χ0) is 17.6. The van der Waals surface area contributed by atoms with Crippen molar-refractivity contribution in [3.05, 3.63) is 29.3 Å². The lowest BCUT2D eigenvalue weighted by molar-refractivity contribution is -0.117. The lowest BCUT2D eigenvalue weighted by Crippen LogP contribution is -2.19. The average molecular weight is 328 g/mol. The highest BCUT2D eigenvalue weighted by Gasteiger charge is 2.15. The van der Waals surface area contributed by atoms with Gasteiger partial charge >= 0.3 is 0 Å². The van der Waals surface area contributed by atoms with Crippen LogP contribution in [0, 0.1) is 17.6 Å². The summed E-state index contributed by atoms with van der Waals surface area (Å²) in [5.41, 5.74) is 4.21. The smallest absolute Gasteiger partial charge is 0.251 e. The quantitative estimate of drug-likeness (QED) is 0.770. The van der Waals surface area contributed by atoms with E-state index in [4.69, 9.17) is 10.5 Å². The highest BCUT2D eigenvalue weighted by molar-refractivity contribution is 5.96. The van der Waals surface area contributed by atoms with E-state index >= 15 is 0 Å². The fourth-order valence-electron chi connectivity index (χ4n) is 2.13. The van der Waals surface area contributed by atoms with E-state index in [1.165, 1.54) is 0 Å². The summed E-state index contributed by atoms with van der Waals surface area (Å²) in [7, 11) is 0. The summed E-state index contributed by atoms with van der Waals surface area (Å²) in [5.74, 6) is -3.10. The molecule has 0 heterocycles. The average Bonchev–Trinajstić information content (AvgIpc) is 2.40. The van der Waals surface area contributed by atoms with Gasteiger partial charge in [0.1, 0.15) is 11.6 Å². The number of anilines is 1. The number of halogens is 2. The maximum absolute atomic E-state index is 13.6. The van der Waals surface area contributed by atoms with Gasteiger partial charge in [0.15, 0.2) is 0 Å². The molecule has 0 aliphatic rings. The zero-order valence-electron chi connectivity index (χ0n) is 13.5. The number of nitrogens with one attached hydrogen (secondary N) is 1. The molecule has 1 aromatic rings. The van der Waals surface area contributed by atoms with Crippen molar-refractivity contribution >= 4 is 17.5 Å².